The van der Waals surface area contributed by atoms with Gasteiger partial charge in [0, 0.05) is 19.3 Å². The van der Waals surface area contributed by atoms with E-state index in [1.807, 2.05) is 42.3 Å². The second-order valence-corrected chi connectivity index (χ2v) is 4.21. The van der Waals surface area contributed by atoms with Gasteiger partial charge in [-0.2, -0.15) is 11.8 Å². The minimum Gasteiger partial charge on any atom is -0.369 e. The number of nitrogens with zero attached hydrogens (tertiary/aromatic N) is 2. The highest BCUT2D eigenvalue weighted by Crippen LogP contribution is 2.09. The van der Waals surface area contributed by atoms with Gasteiger partial charge in [0.1, 0.15) is 0 Å². The Morgan fingerprint density at radius 1 is 1.40 bits per heavy atom. The zero-order valence-corrected chi connectivity index (χ0v) is 10.00. The molecule has 0 atom stereocenters. The molecule has 1 aromatic rings. The summed E-state index contributed by atoms with van der Waals surface area (Å²) in [6.45, 7) is 0.920. The molecule has 0 spiro atoms. The van der Waals surface area contributed by atoms with Crippen LogP contribution in [0.1, 0.15) is 0 Å². The number of hydrogen-bond donors (Lipinski definition) is 1. The third kappa shape index (κ3) is 4.25. The van der Waals surface area contributed by atoms with E-state index in [-0.39, 0.29) is 0 Å². The van der Waals surface area contributed by atoms with Crippen LogP contribution in [-0.4, -0.2) is 36.5 Å². The minimum atomic E-state index is 0.565. The number of guanidine groups is 1. The second kappa shape index (κ2) is 6.35. The molecular formula is C11H17N3S. The maximum Gasteiger partial charge on any atom is 0.196 e. The van der Waals surface area contributed by atoms with E-state index >= 15 is 0 Å². The summed E-state index contributed by atoms with van der Waals surface area (Å²) in [4.78, 5) is 6.28. The number of hydrogen-bond acceptors (Lipinski definition) is 2. The normalized spacial score (nSPS) is 11.5. The lowest BCUT2D eigenvalue weighted by atomic mass is 10.3. The predicted octanol–water partition coefficient (Wildman–Crippen LogP) is 1.93. The van der Waals surface area contributed by atoms with Crippen molar-refractivity contribution in [1.82, 2.24) is 4.90 Å². The van der Waals surface area contributed by atoms with Crippen LogP contribution in [0, 0.1) is 0 Å². The lowest BCUT2D eigenvalue weighted by Gasteiger charge is -2.16. The Morgan fingerprint density at radius 2 is 2.07 bits per heavy atom. The average Bonchev–Trinajstić information content (AvgIpc) is 2.27. The third-order valence-corrected chi connectivity index (χ3v) is 2.61. The fraction of sp³-hybridized carbons (Fsp3) is 0.364. The van der Waals surface area contributed by atoms with E-state index in [1.54, 1.807) is 11.8 Å². The zero-order chi connectivity index (χ0) is 11.1. The van der Waals surface area contributed by atoms with Crippen LogP contribution in [0.2, 0.25) is 0 Å². The van der Waals surface area contributed by atoms with Gasteiger partial charge in [-0.15, -0.1) is 0 Å². The summed E-state index contributed by atoms with van der Waals surface area (Å²) < 4.78 is 0. The number of benzene rings is 1. The first-order chi connectivity index (χ1) is 7.24. The number of thioether (sulfide) groups is 1. The Hall–Kier alpha value is -1.16. The summed E-state index contributed by atoms with van der Waals surface area (Å²) in [5.41, 5.74) is 6.75. The van der Waals surface area contributed by atoms with Crippen molar-refractivity contribution in [3.05, 3.63) is 30.3 Å². The summed E-state index contributed by atoms with van der Waals surface area (Å²) >= 11 is 1.80. The van der Waals surface area contributed by atoms with Gasteiger partial charge in [-0.25, -0.2) is 4.99 Å². The van der Waals surface area contributed by atoms with Crippen LogP contribution in [0.15, 0.2) is 35.3 Å². The fourth-order valence-electron chi connectivity index (χ4n) is 1.06. The third-order valence-electron chi connectivity index (χ3n) is 2.02. The minimum absolute atomic E-state index is 0.565. The smallest absolute Gasteiger partial charge is 0.196 e. The van der Waals surface area contributed by atoms with Gasteiger partial charge in [-0.05, 0) is 18.4 Å². The summed E-state index contributed by atoms with van der Waals surface area (Å²) in [6, 6.07) is 9.75. The lowest BCUT2D eigenvalue weighted by molar-refractivity contribution is 0.534. The highest BCUT2D eigenvalue weighted by atomic mass is 32.2. The summed E-state index contributed by atoms with van der Waals surface area (Å²) in [6.07, 6.45) is 2.08. The highest BCUT2D eigenvalue weighted by Gasteiger charge is 2.00. The summed E-state index contributed by atoms with van der Waals surface area (Å²) in [7, 11) is 1.96. The number of aliphatic imine (C=N–C) groups is 1. The molecule has 0 fully saturated rings. The second-order valence-electron chi connectivity index (χ2n) is 3.22. The largest absolute Gasteiger partial charge is 0.369 e. The molecule has 0 unspecified atom stereocenters. The molecule has 3 nitrogen and oxygen atoms in total. The lowest BCUT2D eigenvalue weighted by Crippen LogP contribution is -2.35. The molecule has 1 aromatic carbocycles. The van der Waals surface area contributed by atoms with Crippen LogP contribution < -0.4 is 5.73 Å². The predicted molar refractivity (Wildman–Crippen MR) is 68.7 cm³/mol. The molecule has 0 amide bonds. The Bertz CT molecular complexity index is 311. The van der Waals surface area contributed by atoms with Gasteiger partial charge in [0.25, 0.3) is 0 Å². The van der Waals surface area contributed by atoms with Crippen molar-refractivity contribution in [2.45, 2.75) is 0 Å². The Kier molecular flexibility index (Phi) is 5.04. The van der Waals surface area contributed by atoms with Crippen molar-refractivity contribution in [2.24, 2.45) is 10.7 Å². The molecule has 1 rings (SSSR count). The van der Waals surface area contributed by atoms with Crippen LogP contribution in [-0.2, 0) is 0 Å². The zero-order valence-electron chi connectivity index (χ0n) is 9.18. The monoisotopic (exact) mass is 223 g/mol. The molecule has 0 radical (unpaired) electrons. The molecule has 0 heterocycles. The van der Waals surface area contributed by atoms with E-state index in [0.29, 0.717) is 5.96 Å². The highest BCUT2D eigenvalue weighted by molar-refractivity contribution is 7.98. The Balaban J connectivity index is 2.59. The molecule has 4 heteroatoms. The topological polar surface area (TPSA) is 41.6 Å². The van der Waals surface area contributed by atoms with Crippen molar-refractivity contribution >= 4 is 23.4 Å². The fourth-order valence-corrected chi connectivity index (χ4v) is 1.52. The molecular weight excluding hydrogens is 206 g/mol. The quantitative estimate of drug-likeness (QED) is 0.626. The summed E-state index contributed by atoms with van der Waals surface area (Å²) in [5, 5.41) is 0. The van der Waals surface area contributed by atoms with Crippen molar-refractivity contribution in [3.8, 4) is 0 Å². The number of nitrogens with two attached hydrogens (primary N) is 1. The van der Waals surface area contributed by atoms with Gasteiger partial charge in [-0.1, -0.05) is 18.2 Å². The number of para-hydroxylation sites is 1. The van der Waals surface area contributed by atoms with E-state index in [2.05, 4.69) is 11.2 Å². The first kappa shape index (κ1) is 11.9. The molecule has 0 saturated heterocycles. The van der Waals surface area contributed by atoms with Crippen LogP contribution >= 0.6 is 11.8 Å². The Morgan fingerprint density at radius 3 is 2.67 bits per heavy atom. The maximum absolute atomic E-state index is 5.86. The molecule has 15 heavy (non-hydrogen) atoms. The molecule has 0 aromatic heterocycles. The van der Waals surface area contributed by atoms with Crippen molar-refractivity contribution in [3.63, 3.8) is 0 Å². The molecule has 0 aliphatic carbocycles. The van der Waals surface area contributed by atoms with Crippen molar-refractivity contribution in [1.29, 1.82) is 0 Å². The molecule has 0 bridgehead atoms. The number of rotatable bonds is 4. The SMILES string of the molecule is CSCCN(C)C(N)=Nc1ccccc1. The van der Waals surface area contributed by atoms with E-state index in [1.165, 1.54) is 0 Å². The average molecular weight is 223 g/mol. The van der Waals surface area contributed by atoms with Crippen LogP contribution in [0.3, 0.4) is 0 Å². The van der Waals surface area contributed by atoms with Crippen LogP contribution in [0.25, 0.3) is 0 Å². The van der Waals surface area contributed by atoms with E-state index in [4.69, 9.17) is 5.73 Å². The van der Waals surface area contributed by atoms with Gasteiger partial charge in [0.15, 0.2) is 5.96 Å². The van der Waals surface area contributed by atoms with Gasteiger partial charge < -0.3 is 10.6 Å². The first-order valence-corrected chi connectivity index (χ1v) is 6.22. The van der Waals surface area contributed by atoms with Crippen LogP contribution in [0.4, 0.5) is 5.69 Å². The van der Waals surface area contributed by atoms with Crippen LogP contribution in [0.5, 0.6) is 0 Å². The van der Waals surface area contributed by atoms with Gasteiger partial charge in [-0.3, -0.25) is 0 Å². The van der Waals surface area contributed by atoms with E-state index < -0.39 is 0 Å². The Labute approximate surface area is 95.4 Å². The standard InChI is InChI=1S/C11H17N3S/c1-14(8-9-15-2)11(12)13-10-6-4-3-5-7-10/h3-7H,8-9H2,1-2H3,(H2,12,13). The van der Waals surface area contributed by atoms with Crippen molar-refractivity contribution < 1.29 is 0 Å². The molecule has 0 aliphatic rings. The molecule has 2 N–H and O–H groups in total. The van der Waals surface area contributed by atoms with Crippen molar-refractivity contribution in [2.75, 3.05) is 25.6 Å². The van der Waals surface area contributed by atoms with Gasteiger partial charge in [0.05, 0.1) is 5.69 Å². The van der Waals surface area contributed by atoms with E-state index in [9.17, 15) is 0 Å². The molecule has 0 aliphatic heterocycles. The first-order valence-electron chi connectivity index (χ1n) is 4.83. The maximum atomic E-state index is 5.86. The van der Waals surface area contributed by atoms with Gasteiger partial charge in [0.2, 0.25) is 0 Å². The van der Waals surface area contributed by atoms with E-state index in [0.717, 1.165) is 18.0 Å². The molecule has 82 valence electrons. The molecule has 0 saturated carbocycles. The van der Waals surface area contributed by atoms with Gasteiger partial charge >= 0.3 is 0 Å². The summed E-state index contributed by atoms with van der Waals surface area (Å²) in [5.74, 6) is 1.62.